The number of phenols is 2. The molecular weight excluding hydrogens is 552 g/mol. The molecule has 42 heavy (non-hydrogen) atoms. The third-order valence-corrected chi connectivity index (χ3v) is 9.64. The van der Waals surface area contributed by atoms with Crippen molar-refractivity contribution in [3.8, 4) is 28.4 Å². The van der Waals surface area contributed by atoms with Crippen LogP contribution in [0.1, 0.15) is 33.5 Å². The first kappa shape index (κ1) is 27.7. The van der Waals surface area contributed by atoms with Gasteiger partial charge in [-0.2, -0.15) is 0 Å². The van der Waals surface area contributed by atoms with Gasteiger partial charge < -0.3 is 25.2 Å². The van der Waals surface area contributed by atoms with Gasteiger partial charge in [0.25, 0.3) is 5.91 Å². The highest BCUT2D eigenvalue weighted by atomic mass is 32.2. The van der Waals surface area contributed by atoms with Crippen molar-refractivity contribution in [2.75, 3.05) is 23.4 Å². The summed E-state index contributed by atoms with van der Waals surface area (Å²) in [5.74, 6) is -0.399. The van der Waals surface area contributed by atoms with Crippen LogP contribution in [0.4, 0.5) is 5.69 Å². The molecule has 8 nitrogen and oxygen atoms in total. The number of nitrogens with one attached hydrogen (secondary N) is 1. The summed E-state index contributed by atoms with van der Waals surface area (Å²) in [7, 11) is -2.96. The fraction of sp³-hybridized carbons (Fsp3) is 0.242. The lowest BCUT2D eigenvalue weighted by atomic mass is 9.90. The maximum atomic E-state index is 13.8. The van der Waals surface area contributed by atoms with Crippen LogP contribution in [0.2, 0.25) is 0 Å². The fourth-order valence-corrected chi connectivity index (χ4v) is 7.40. The van der Waals surface area contributed by atoms with Gasteiger partial charge in [-0.3, -0.25) is 4.79 Å². The van der Waals surface area contributed by atoms with Crippen LogP contribution in [0.25, 0.3) is 11.1 Å². The average molecular weight is 585 g/mol. The number of benzene rings is 4. The normalized spacial score (nSPS) is 17.4. The Labute approximate surface area is 245 Å². The lowest BCUT2D eigenvalue weighted by Crippen LogP contribution is -2.36. The van der Waals surface area contributed by atoms with Gasteiger partial charge in [0.05, 0.1) is 11.5 Å². The quantitative estimate of drug-likeness (QED) is 0.275. The minimum atomic E-state index is -2.96. The van der Waals surface area contributed by atoms with Crippen molar-refractivity contribution in [2.45, 2.75) is 32.0 Å². The molecular formula is C33H32N2O6S. The fourth-order valence-electron chi connectivity index (χ4n) is 5.72. The Morgan fingerprint density at radius 2 is 1.76 bits per heavy atom. The second-order valence-electron chi connectivity index (χ2n) is 10.9. The number of hydrogen-bond acceptors (Lipinski definition) is 7. The number of amides is 1. The zero-order chi connectivity index (χ0) is 29.3. The van der Waals surface area contributed by atoms with E-state index in [9.17, 15) is 23.4 Å². The van der Waals surface area contributed by atoms with E-state index in [0.717, 1.165) is 39.6 Å². The number of carbonyl (C=O) groups excluding carboxylic acids is 1. The predicted molar refractivity (Wildman–Crippen MR) is 162 cm³/mol. The molecule has 1 saturated heterocycles. The zero-order valence-electron chi connectivity index (χ0n) is 23.0. The number of sulfone groups is 1. The van der Waals surface area contributed by atoms with Crippen molar-refractivity contribution < 1.29 is 28.2 Å². The summed E-state index contributed by atoms with van der Waals surface area (Å²) >= 11 is 0. The molecule has 0 saturated carbocycles. The highest BCUT2D eigenvalue weighted by Crippen LogP contribution is 2.37. The molecule has 216 valence electrons. The monoisotopic (exact) mass is 584 g/mol. The first-order valence-corrected chi connectivity index (χ1v) is 15.8. The van der Waals surface area contributed by atoms with Crippen LogP contribution in [-0.4, -0.2) is 53.5 Å². The van der Waals surface area contributed by atoms with Crippen molar-refractivity contribution in [3.05, 3.63) is 107 Å². The molecule has 2 heterocycles. The number of anilines is 1. The van der Waals surface area contributed by atoms with E-state index in [1.807, 2.05) is 66.7 Å². The maximum absolute atomic E-state index is 13.8. The Morgan fingerprint density at radius 3 is 2.50 bits per heavy atom. The molecule has 4 aromatic carbocycles. The largest absolute Gasteiger partial charge is 0.508 e. The Kier molecular flexibility index (Phi) is 7.51. The molecule has 1 atom stereocenters. The van der Waals surface area contributed by atoms with Crippen LogP contribution in [0.5, 0.6) is 17.2 Å². The average Bonchev–Trinajstić information content (AvgIpc) is 3.33. The number of ether oxygens (including phenoxy) is 1. The van der Waals surface area contributed by atoms with Crippen molar-refractivity contribution >= 4 is 21.4 Å². The van der Waals surface area contributed by atoms with Crippen LogP contribution in [0.3, 0.4) is 0 Å². The SMILES string of the molecule is O=C(c1c(O)cc(O)cc1OCc1ccccc1)N1CCc2cccc(-c3ccc(NC4CCS(=O)(=O)C4)cc3)c2C1. The van der Waals surface area contributed by atoms with Crippen LogP contribution in [0.15, 0.2) is 84.9 Å². The van der Waals surface area contributed by atoms with Gasteiger partial charge in [-0.05, 0) is 52.8 Å². The standard InChI is InChI=1S/C33H32N2O6S/c36-27-17-30(37)32(31(18-27)41-20-22-5-2-1-3-6-22)33(38)35-15-13-23-7-4-8-28(29(23)19-35)24-9-11-25(12-10-24)34-26-14-16-42(39,40)21-26/h1-12,17-18,26,34,36-37H,13-16,19-21H2. The van der Waals surface area contributed by atoms with E-state index in [2.05, 4.69) is 11.4 Å². The predicted octanol–water partition coefficient (Wildman–Crippen LogP) is 5.14. The Hall–Kier alpha value is -4.50. The molecule has 4 aromatic rings. The summed E-state index contributed by atoms with van der Waals surface area (Å²) in [5.41, 5.74) is 5.97. The molecule has 1 fully saturated rings. The van der Waals surface area contributed by atoms with E-state index in [4.69, 9.17) is 4.74 Å². The van der Waals surface area contributed by atoms with Crippen molar-refractivity contribution in [1.82, 2.24) is 4.90 Å². The second kappa shape index (κ2) is 11.4. The summed E-state index contributed by atoms with van der Waals surface area (Å²) in [6.45, 7) is 1.00. The van der Waals surface area contributed by atoms with Gasteiger partial charge in [-0.1, -0.05) is 60.7 Å². The Morgan fingerprint density at radius 1 is 0.976 bits per heavy atom. The molecule has 1 amide bonds. The summed E-state index contributed by atoms with van der Waals surface area (Å²) in [4.78, 5) is 15.5. The van der Waals surface area contributed by atoms with Gasteiger partial charge in [-0.25, -0.2) is 8.42 Å². The first-order valence-electron chi connectivity index (χ1n) is 14.0. The van der Waals surface area contributed by atoms with E-state index in [1.54, 1.807) is 4.90 Å². The Balaban J connectivity index is 1.23. The number of rotatable bonds is 7. The van der Waals surface area contributed by atoms with E-state index < -0.39 is 9.84 Å². The highest BCUT2D eigenvalue weighted by molar-refractivity contribution is 7.91. The summed E-state index contributed by atoms with van der Waals surface area (Å²) in [6.07, 6.45) is 1.26. The van der Waals surface area contributed by atoms with Gasteiger partial charge in [-0.15, -0.1) is 0 Å². The van der Waals surface area contributed by atoms with Crippen molar-refractivity contribution in [2.24, 2.45) is 0 Å². The maximum Gasteiger partial charge on any atom is 0.261 e. The molecule has 9 heteroatoms. The van der Waals surface area contributed by atoms with E-state index in [-0.39, 0.29) is 52.9 Å². The van der Waals surface area contributed by atoms with E-state index >= 15 is 0 Å². The minimum absolute atomic E-state index is 0.0222. The number of hydrogen-bond donors (Lipinski definition) is 3. The highest BCUT2D eigenvalue weighted by Gasteiger charge is 2.29. The molecule has 6 rings (SSSR count). The second-order valence-corrected chi connectivity index (χ2v) is 13.1. The van der Waals surface area contributed by atoms with Gasteiger partial charge in [0.2, 0.25) is 0 Å². The van der Waals surface area contributed by atoms with Gasteiger partial charge in [0.15, 0.2) is 9.84 Å². The molecule has 0 spiro atoms. The summed E-state index contributed by atoms with van der Waals surface area (Å²) in [6, 6.07) is 25.9. The zero-order valence-corrected chi connectivity index (χ0v) is 23.8. The molecule has 0 aliphatic carbocycles. The lowest BCUT2D eigenvalue weighted by molar-refractivity contribution is 0.0726. The smallest absolute Gasteiger partial charge is 0.261 e. The van der Waals surface area contributed by atoms with Crippen LogP contribution in [-0.2, 0) is 29.4 Å². The lowest BCUT2D eigenvalue weighted by Gasteiger charge is -2.31. The molecule has 1 unspecified atom stereocenters. The van der Waals surface area contributed by atoms with Crippen LogP contribution >= 0.6 is 0 Å². The summed E-state index contributed by atoms with van der Waals surface area (Å²) in [5, 5.41) is 24.2. The van der Waals surface area contributed by atoms with Gasteiger partial charge in [0, 0.05) is 37.0 Å². The number of fused-ring (bicyclic) bond motifs is 1. The van der Waals surface area contributed by atoms with Gasteiger partial charge >= 0.3 is 0 Å². The van der Waals surface area contributed by atoms with Crippen LogP contribution in [0, 0.1) is 0 Å². The van der Waals surface area contributed by atoms with Crippen molar-refractivity contribution in [3.63, 3.8) is 0 Å². The molecule has 0 bridgehead atoms. The van der Waals surface area contributed by atoms with E-state index in [1.165, 1.54) is 6.07 Å². The molecule has 2 aliphatic heterocycles. The molecule has 3 N–H and O–H groups in total. The minimum Gasteiger partial charge on any atom is -0.508 e. The number of carbonyl (C=O) groups is 1. The third kappa shape index (κ3) is 5.92. The molecule has 0 aromatic heterocycles. The topological polar surface area (TPSA) is 116 Å². The number of phenolic OH excluding ortho intramolecular Hbond substituents is 2. The van der Waals surface area contributed by atoms with Gasteiger partial charge in [0.1, 0.15) is 29.4 Å². The molecule has 0 radical (unpaired) electrons. The van der Waals surface area contributed by atoms with Crippen LogP contribution < -0.4 is 10.1 Å². The van der Waals surface area contributed by atoms with Crippen molar-refractivity contribution in [1.29, 1.82) is 0 Å². The first-order chi connectivity index (χ1) is 20.3. The number of aromatic hydroxyl groups is 2. The van der Waals surface area contributed by atoms with E-state index in [0.29, 0.717) is 25.9 Å². The number of nitrogens with zero attached hydrogens (tertiary/aromatic N) is 1. The Bertz CT molecular complexity index is 1720. The summed E-state index contributed by atoms with van der Waals surface area (Å²) < 4.78 is 29.6. The third-order valence-electron chi connectivity index (χ3n) is 7.88. The molecule has 2 aliphatic rings.